The van der Waals surface area contributed by atoms with Crippen LogP contribution < -0.4 is 5.73 Å². The van der Waals surface area contributed by atoms with E-state index in [1.54, 1.807) is 12.1 Å². The highest BCUT2D eigenvalue weighted by atomic mass is 16.6. The Bertz CT molecular complexity index is 565. The number of nitrogens with zero attached hydrogens (tertiary/aromatic N) is 3. The molecule has 1 aromatic heterocycles. The molecular formula is C12H14N4O3. The summed E-state index contributed by atoms with van der Waals surface area (Å²) in [6.45, 7) is 2.02. The third-order valence-corrected chi connectivity index (χ3v) is 2.69. The van der Waals surface area contributed by atoms with Crippen LogP contribution >= 0.6 is 0 Å². The second kappa shape index (κ2) is 5.57. The average Bonchev–Trinajstić information content (AvgIpc) is 2.89. The molecule has 0 aliphatic carbocycles. The summed E-state index contributed by atoms with van der Waals surface area (Å²) in [5, 5.41) is 14.4. The number of aromatic nitrogens is 2. The first-order valence-corrected chi connectivity index (χ1v) is 5.96. The van der Waals surface area contributed by atoms with Gasteiger partial charge in [0.2, 0.25) is 11.7 Å². The number of benzene rings is 1. The molecule has 100 valence electrons. The molecule has 7 nitrogen and oxygen atoms in total. The van der Waals surface area contributed by atoms with E-state index in [4.69, 9.17) is 10.3 Å². The lowest BCUT2D eigenvalue weighted by atomic mass is 10.2. The third kappa shape index (κ3) is 2.94. The van der Waals surface area contributed by atoms with E-state index in [-0.39, 0.29) is 11.7 Å². The summed E-state index contributed by atoms with van der Waals surface area (Å²) in [6, 6.07) is 5.69. The molecule has 7 heteroatoms. The molecular weight excluding hydrogens is 248 g/mol. The number of nitro benzene ring substituents is 1. The normalized spacial score (nSPS) is 12.3. The third-order valence-electron chi connectivity index (χ3n) is 2.69. The topological polar surface area (TPSA) is 108 Å². The highest BCUT2D eigenvalue weighted by molar-refractivity contribution is 5.56. The Morgan fingerprint density at radius 3 is 2.68 bits per heavy atom. The van der Waals surface area contributed by atoms with Crippen molar-refractivity contribution in [2.75, 3.05) is 0 Å². The maximum atomic E-state index is 10.6. The molecule has 0 unspecified atom stereocenters. The molecule has 0 fully saturated rings. The Morgan fingerprint density at radius 2 is 2.11 bits per heavy atom. The van der Waals surface area contributed by atoms with Crippen molar-refractivity contribution in [3.8, 4) is 11.4 Å². The van der Waals surface area contributed by atoms with Gasteiger partial charge in [-0.05, 0) is 18.6 Å². The second-order valence-electron chi connectivity index (χ2n) is 4.16. The maximum absolute atomic E-state index is 10.6. The van der Waals surface area contributed by atoms with Gasteiger partial charge in [0, 0.05) is 17.7 Å². The van der Waals surface area contributed by atoms with Gasteiger partial charge in [0.05, 0.1) is 11.0 Å². The Balaban J connectivity index is 2.20. The van der Waals surface area contributed by atoms with E-state index in [0.717, 1.165) is 12.8 Å². The molecule has 1 aromatic carbocycles. The van der Waals surface area contributed by atoms with Gasteiger partial charge >= 0.3 is 0 Å². The quantitative estimate of drug-likeness (QED) is 0.654. The van der Waals surface area contributed by atoms with Gasteiger partial charge in [-0.15, -0.1) is 0 Å². The van der Waals surface area contributed by atoms with Gasteiger partial charge in [0.15, 0.2) is 0 Å². The van der Waals surface area contributed by atoms with Gasteiger partial charge < -0.3 is 10.3 Å². The van der Waals surface area contributed by atoms with Gasteiger partial charge in [0.1, 0.15) is 0 Å². The standard InChI is InChI=1S/C12H14N4O3/c1-2-3-10(13)12-14-11(15-19-12)8-4-6-9(7-5-8)16(17)18/h4-7,10H,2-3,13H2,1H3/t10-/m0/s1. The lowest BCUT2D eigenvalue weighted by molar-refractivity contribution is -0.384. The number of nitro groups is 1. The van der Waals surface area contributed by atoms with Gasteiger partial charge in [-0.3, -0.25) is 10.1 Å². The van der Waals surface area contributed by atoms with Crippen LogP contribution in [0.25, 0.3) is 11.4 Å². The fraction of sp³-hybridized carbons (Fsp3) is 0.333. The van der Waals surface area contributed by atoms with E-state index < -0.39 is 4.92 Å². The predicted octanol–water partition coefficient (Wildman–Crippen LogP) is 2.44. The summed E-state index contributed by atoms with van der Waals surface area (Å²) >= 11 is 0. The molecule has 0 saturated heterocycles. The highest BCUT2D eigenvalue weighted by Gasteiger charge is 2.15. The first-order valence-electron chi connectivity index (χ1n) is 5.96. The van der Waals surface area contributed by atoms with Crippen molar-refractivity contribution in [2.45, 2.75) is 25.8 Å². The van der Waals surface area contributed by atoms with Crippen LogP contribution in [0.3, 0.4) is 0 Å². The predicted molar refractivity (Wildman–Crippen MR) is 68.2 cm³/mol. The molecule has 2 rings (SSSR count). The summed E-state index contributed by atoms with van der Waals surface area (Å²) in [7, 11) is 0. The van der Waals surface area contributed by atoms with E-state index in [9.17, 15) is 10.1 Å². The molecule has 0 saturated carbocycles. The molecule has 1 heterocycles. The van der Waals surface area contributed by atoms with E-state index >= 15 is 0 Å². The van der Waals surface area contributed by atoms with Crippen molar-refractivity contribution in [1.29, 1.82) is 0 Å². The first kappa shape index (κ1) is 13.2. The van der Waals surface area contributed by atoms with Crippen molar-refractivity contribution in [2.24, 2.45) is 5.73 Å². The zero-order valence-corrected chi connectivity index (χ0v) is 10.4. The monoisotopic (exact) mass is 262 g/mol. The SMILES string of the molecule is CCC[C@H](N)c1nc(-c2ccc([N+](=O)[O-])cc2)no1. The van der Waals surface area contributed by atoms with Gasteiger partial charge in [-0.2, -0.15) is 4.98 Å². The van der Waals surface area contributed by atoms with Crippen LogP contribution in [-0.4, -0.2) is 15.1 Å². The summed E-state index contributed by atoms with van der Waals surface area (Å²) in [5.74, 6) is 0.770. The second-order valence-corrected chi connectivity index (χ2v) is 4.16. The summed E-state index contributed by atoms with van der Waals surface area (Å²) < 4.78 is 5.09. The number of hydrogen-bond donors (Lipinski definition) is 1. The van der Waals surface area contributed by atoms with Crippen LogP contribution in [0.4, 0.5) is 5.69 Å². The minimum atomic E-state index is -0.456. The maximum Gasteiger partial charge on any atom is 0.269 e. The molecule has 19 heavy (non-hydrogen) atoms. The smallest absolute Gasteiger partial charge is 0.269 e. The Kier molecular flexibility index (Phi) is 3.86. The number of hydrogen-bond acceptors (Lipinski definition) is 6. The van der Waals surface area contributed by atoms with Crippen LogP contribution in [0.5, 0.6) is 0 Å². The molecule has 0 bridgehead atoms. The lowest BCUT2D eigenvalue weighted by Gasteiger charge is -2.02. The molecule has 0 aliphatic heterocycles. The van der Waals surface area contributed by atoms with E-state index in [1.165, 1.54) is 12.1 Å². The van der Waals surface area contributed by atoms with Crippen LogP contribution in [0, 0.1) is 10.1 Å². The zero-order valence-electron chi connectivity index (χ0n) is 10.4. The van der Waals surface area contributed by atoms with Crippen molar-refractivity contribution < 1.29 is 9.45 Å². The van der Waals surface area contributed by atoms with Gasteiger partial charge in [0.25, 0.3) is 5.69 Å². The number of rotatable bonds is 5. The molecule has 0 radical (unpaired) electrons. The molecule has 2 aromatic rings. The van der Waals surface area contributed by atoms with Crippen LogP contribution in [-0.2, 0) is 0 Å². The van der Waals surface area contributed by atoms with E-state index in [2.05, 4.69) is 10.1 Å². The van der Waals surface area contributed by atoms with Crippen LogP contribution in [0.1, 0.15) is 31.7 Å². The number of nitrogens with two attached hydrogens (primary N) is 1. The van der Waals surface area contributed by atoms with Crippen LogP contribution in [0.15, 0.2) is 28.8 Å². The molecule has 0 amide bonds. The molecule has 0 aliphatic rings. The lowest BCUT2D eigenvalue weighted by Crippen LogP contribution is -2.09. The van der Waals surface area contributed by atoms with Gasteiger partial charge in [-0.25, -0.2) is 0 Å². The fourth-order valence-corrected chi connectivity index (χ4v) is 1.67. The zero-order chi connectivity index (χ0) is 13.8. The highest BCUT2D eigenvalue weighted by Crippen LogP contribution is 2.22. The Morgan fingerprint density at radius 1 is 1.42 bits per heavy atom. The van der Waals surface area contributed by atoms with Gasteiger partial charge in [-0.1, -0.05) is 18.5 Å². The van der Waals surface area contributed by atoms with Crippen molar-refractivity contribution in [1.82, 2.24) is 10.1 Å². The van der Waals surface area contributed by atoms with Crippen molar-refractivity contribution in [3.05, 3.63) is 40.3 Å². The van der Waals surface area contributed by atoms with E-state index in [0.29, 0.717) is 17.3 Å². The van der Waals surface area contributed by atoms with Crippen molar-refractivity contribution in [3.63, 3.8) is 0 Å². The first-order chi connectivity index (χ1) is 9.11. The summed E-state index contributed by atoms with van der Waals surface area (Å²) in [6.07, 6.45) is 1.69. The van der Waals surface area contributed by atoms with E-state index in [1.807, 2.05) is 6.92 Å². The summed E-state index contributed by atoms with van der Waals surface area (Å²) in [5.41, 5.74) is 6.56. The Labute approximate surface area is 109 Å². The largest absolute Gasteiger partial charge is 0.337 e. The molecule has 1 atom stereocenters. The van der Waals surface area contributed by atoms with Crippen molar-refractivity contribution >= 4 is 5.69 Å². The summed E-state index contributed by atoms with van der Waals surface area (Å²) in [4.78, 5) is 14.3. The minimum absolute atomic E-state index is 0.0233. The number of non-ortho nitro benzene ring substituents is 1. The molecule has 0 spiro atoms. The average molecular weight is 262 g/mol. The minimum Gasteiger partial charge on any atom is -0.337 e. The Hall–Kier alpha value is -2.28. The molecule has 2 N–H and O–H groups in total. The van der Waals surface area contributed by atoms with Crippen LogP contribution in [0.2, 0.25) is 0 Å². The fourth-order valence-electron chi connectivity index (χ4n) is 1.67.